The smallest absolute Gasteiger partial charge is 0.149 e. The molecule has 0 unspecified atom stereocenters. The zero-order chi connectivity index (χ0) is 10.0. The molecule has 0 spiro atoms. The number of halogens is 3. The van der Waals surface area contributed by atoms with E-state index in [1.54, 1.807) is 0 Å². The summed E-state index contributed by atoms with van der Waals surface area (Å²) in [5.41, 5.74) is 0.0809. The highest BCUT2D eigenvalue weighted by Gasteiger charge is 2.09. The van der Waals surface area contributed by atoms with Crippen molar-refractivity contribution in [1.82, 2.24) is 0 Å². The maximum absolute atomic E-state index is 13.1. The second-order valence-electron chi connectivity index (χ2n) is 2.47. The molecule has 0 atom stereocenters. The van der Waals surface area contributed by atoms with Gasteiger partial charge in [0.2, 0.25) is 0 Å². The molecule has 0 aromatic heterocycles. The Balaban J connectivity index is 3.28. The second-order valence-corrected chi connectivity index (χ2v) is 2.93. The van der Waals surface area contributed by atoms with E-state index in [0.29, 0.717) is 0 Å². The summed E-state index contributed by atoms with van der Waals surface area (Å²) < 4.78 is 26.1. The average Bonchev–Trinajstić information content (AvgIpc) is 2.03. The Bertz CT molecular complexity index is 326. The minimum Gasteiger partial charge on any atom is -0.383 e. The topological polar surface area (TPSA) is 12.0 Å². The first-order valence-electron chi connectivity index (χ1n) is 3.58. The molecule has 13 heavy (non-hydrogen) atoms. The lowest BCUT2D eigenvalue weighted by Crippen LogP contribution is -1.97. The quantitative estimate of drug-likeness (QED) is 0.778. The van der Waals surface area contributed by atoms with E-state index in [0.717, 1.165) is 12.1 Å². The number of hydrogen-bond acceptors (Lipinski definition) is 1. The molecule has 0 heterocycles. The van der Waals surface area contributed by atoms with Crippen LogP contribution in [0, 0.1) is 11.6 Å². The molecule has 0 radical (unpaired) electrons. The highest BCUT2D eigenvalue weighted by molar-refractivity contribution is 6.48. The van der Waals surface area contributed by atoms with Gasteiger partial charge in [0.05, 0.1) is 0 Å². The summed E-state index contributed by atoms with van der Waals surface area (Å²) in [4.78, 5) is 0. The summed E-state index contributed by atoms with van der Waals surface area (Å²) in [5, 5.41) is 2.52. The third-order valence-corrected chi connectivity index (χ3v) is 1.82. The molecule has 1 nitrogen and oxygen atoms in total. The van der Waals surface area contributed by atoms with Crippen LogP contribution in [-0.4, -0.2) is 7.05 Å². The van der Waals surface area contributed by atoms with E-state index < -0.39 is 11.6 Å². The third kappa shape index (κ3) is 1.98. The number of nitrogens with one attached hydrogen (secondary N) is 1. The molecule has 0 amide bonds. The van der Waals surface area contributed by atoms with Crippen LogP contribution >= 0.6 is 11.6 Å². The highest BCUT2D eigenvalue weighted by Crippen LogP contribution is 2.25. The predicted octanol–water partition coefficient (Wildman–Crippen LogP) is 3.22. The van der Waals surface area contributed by atoms with Crippen molar-refractivity contribution in [3.63, 3.8) is 0 Å². The Labute approximate surface area is 80.0 Å². The highest BCUT2D eigenvalue weighted by atomic mass is 35.5. The van der Waals surface area contributed by atoms with Crippen molar-refractivity contribution in [1.29, 1.82) is 0 Å². The third-order valence-electron chi connectivity index (χ3n) is 1.61. The van der Waals surface area contributed by atoms with Gasteiger partial charge in [-0.3, -0.25) is 0 Å². The van der Waals surface area contributed by atoms with Crippen LogP contribution in [0.1, 0.15) is 5.56 Å². The standard InChI is InChI=1S/C9H8ClF2N/c1-5(10)6-3-7(11)9(13-2)8(12)4-6/h3-4,13H,1H2,2H3. The number of anilines is 1. The van der Waals surface area contributed by atoms with Gasteiger partial charge in [-0.2, -0.15) is 0 Å². The van der Waals surface area contributed by atoms with Crippen LogP contribution in [0.15, 0.2) is 18.7 Å². The van der Waals surface area contributed by atoms with Crippen molar-refractivity contribution in [3.8, 4) is 0 Å². The van der Waals surface area contributed by atoms with Crippen molar-refractivity contribution in [2.24, 2.45) is 0 Å². The fourth-order valence-corrected chi connectivity index (χ4v) is 1.08. The Hall–Kier alpha value is -1.09. The molecule has 1 aromatic rings. The molecule has 70 valence electrons. The Kier molecular flexibility index (Phi) is 2.88. The predicted molar refractivity (Wildman–Crippen MR) is 50.8 cm³/mol. The van der Waals surface area contributed by atoms with E-state index in [-0.39, 0.29) is 16.3 Å². The molecule has 1 rings (SSSR count). The molecule has 0 bridgehead atoms. The van der Waals surface area contributed by atoms with Crippen molar-refractivity contribution < 1.29 is 8.78 Å². The lowest BCUT2D eigenvalue weighted by molar-refractivity contribution is 0.589. The number of rotatable bonds is 2. The average molecular weight is 204 g/mol. The van der Waals surface area contributed by atoms with Crippen LogP contribution in [0.5, 0.6) is 0 Å². The molecule has 1 aromatic carbocycles. The minimum absolute atomic E-state index is 0.112. The Morgan fingerprint density at radius 3 is 2.15 bits per heavy atom. The SMILES string of the molecule is C=C(Cl)c1cc(F)c(NC)c(F)c1. The maximum Gasteiger partial charge on any atom is 0.149 e. The van der Waals surface area contributed by atoms with E-state index in [4.69, 9.17) is 11.6 Å². The van der Waals surface area contributed by atoms with Crippen LogP contribution in [0.4, 0.5) is 14.5 Å². The van der Waals surface area contributed by atoms with Gasteiger partial charge < -0.3 is 5.32 Å². The first-order valence-corrected chi connectivity index (χ1v) is 3.95. The van der Waals surface area contributed by atoms with Crippen LogP contribution in [-0.2, 0) is 0 Å². The summed E-state index contributed by atoms with van der Waals surface area (Å²) in [6, 6.07) is 2.26. The Morgan fingerprint density at radius 1 is 1.38 bits per heavy atom. The van der Waals surface area contributed by atoms with Gasteiger partial charge in [0.1, 0.15) is 17.3 Å². The second kappa shape index (κ2) is 3.75. The molecule has 0 fully saturated rings. The van der Waals surface area contributed by atoms with Gasteiger partial charge in [-0.25, -0.2) is 8.78 Å². The zero-order valence-electron chi connectivity index (χ0n) is 7.00. The fraction of sp³-hybridized carbons (Fsp3) is 0.111. The summed E-state index contributed by atoms with van der Waals surface area (Å²) >= 11 is 5.49. The monoisotopic (exact) mass is 203 g/mol. The summed E-state index contributed by atoms with van der Waals surface area (Å²) in [7, 11) is 1.44. The molecule has 0 saturated carbocycles. The molecule has 1 N–H and O–H groups in total. The van der Waals surface area contributed by atoms with E-state index in [1.807, 2.05) is 0 Å². The summed E-state index contributed by atoms with van der Waals surface area (Å²) in [6.07, 6.45) is 0. The van der Waals surface area contributed by atoms with E-state index in [2.05, 4.69) is 11.9 Å². The van der Waals surface area contributed by atoms with Gasteiger partial charge in [-0.1, -0.05) is 18.2 Å². The molecule has 0 saturated heterocycles. The van der Waals surface area contributed by atoms with Gasteiger partial charge in [-0.15, -0.1) is 0 Å². The molecule has 0 aliphatic rings. The molecule has 0 aliphatic heterocycles. The zero-order valence-corrected chi connectivity index (χ0v) is 7.75. The molecular weight excluding hydrogens is 196 g/mol. The first-order chi connectivity index (χ1) is 6.06. The maximum atomic E-state index is 13.1. The first kappa shape index (κ1) is 9.99. The lowest BCUT2D eigenvalue weighted by atomic mass is 10.2. The van der Waals surface area contributed by atoms with Gasteiger partial charge >= 0.3 is 0 Å². The van der Waals surface area contributed by atoms with Gasteiger partial charge in [0.25, 0.3) is 0 Å². The minimum atomic E-state index is -0.681. The van der Waals surface area contributed by atoms with Crippen LogP contribution < -0.4 is 5.32 Å². The van der Waals surface area contributed by atoms with Crippen LogP contribution in [0.3, 0.4) is 0 Å². The molecule has 0 aliphatic carbocycles. The summed E-state index contributed by atoms with van der Waals surface area (Å²) in [5.74, 6) is -1.36. The van der Waals surface area contributed by atoms with Gasteiger partial charge in [0, 0.05) is 12.1 Å². The molecule has 4 heteroatoms. The Morgan fingerprint density at radius 2 is 1.85 bits per heavy atom. The normalized spacial score (nSPS) is 9.85. The van der Waals surface area contributed by atoms with Gasteiger partial charge in [0.15, 0.2) is 0 Å². The van der Waals surface area contributed by atoms with E-state index >= 15 is 0 Å². The van der Waals surface area contributed by atoms with Gasteiger partial charge in [-0.05, 0) is 17.7 Å². The lowest BCUT2D eigenvalue weighted by Gasteiger charge is -2.05. The number of hydrogen-bond donors (Lipinski definition) is 1. The molecular formula is C9H8ClF2N. The van der Waals surface area contributed by atoms with E-state index in [1.165, 1.54) is 7.05 Å². The van der Waals surface area contributed by atoms with Crippen molar-refractivity contribution >= 4 is 22.3 Å². The van der Waals surface area contributed by atoms with Crippen LogP contribution in [0.2, 0.25) is 0 Å². The van der Waals surface area contributed by atoms with Crippen molar-refractivity contribution in [2.75, 3.05) is 12.4 Å². The number of benzene rings is 1. The van der Waals surface area contributed by atoms with E-state index in [9.17, 15) is 8.78 Å². The summed E-state index contributed by atoms with van der Waals surface area (Å²) in [6.45, 7) is 3.37. The van der Waals surface area contributed by atoms with Crippen molar-refractivity contribution in [2.45, 2.75) is 0 Å². The fourth-order valence-electron chi connectivity index (χ4n) is 0.969. The van der Waals surface area contributed by atoms with Crippen LogP contribution in [0.25, 0.3) is 5.03 Å². The largest absolute Gasteiger partial charge is 0.383 e. The van der Waals surface area contributed by atoms with Crippen molar-refractivity contribution in [3.05, 3.63) is 35.9 Å².